The Morgan fingerprint density at radius 1 is 1.08 bits per heavy atom. The molecule has 3 rings (SSSR count). The van der Waals surface area contributed by atoms with E-state index in [1.807, 2.05) is 30.3 Å². The highest BCUT2D eigenvalue weighted by Crippen LogP contribution is 2.32. The van der Waals surface area contributed by atoms with Gasteiger partial charge in [0.25, 0.3) is 0 Å². The quantitative estimate of drug-likeness (QED) is 0.881. The molecule has 1 aliphatic rings. The summed E-state index contributed by atoms with van der Waals surface area (Å²) < 4.78 is 18.4. The van der Waals surface area contributed by atoms with Gasteiger partial charge in [-0.1, -0.05) is 29.8 Å². The minimum Gasteiger partial charge on any atom is -0.453 e. The van der Waals surface area contributed by atoms with E-state index >= 15 is 0 Å². The van der Waals surface area contributed by atoms with Crippen LogP contribution in [-0.4, -0.2) is 26.3 Å². The number of methoxy groups -OCH3 is 1. The van der Waals surface area contributed by atoms with Crippen LogP contribution in [0.15, 0.2) is 54.1 Å². The molecule has 0 bridgehead atoms. The van der Waals surface area contributed by atoms with E-state index in [2.05, 4.69) is 15.4 Å². The second-order valence-electron chi connectivity index (χ2n) is 5.93. The maximum Gasteiger partial charge on any atom is 0.411 e. The fourth-order valence-corrected chi connectivity index (χ4v) is 3.09. The van der Waals surface area contributed by atoms with Crippen molar-refractivity contribution in [2.75, 3.05) is 25.5 Å². The van der Waals surface area contributed by atoms with Crippen molar-refractivity contribution in [1.82, 2.24) is 5.32 Å². The lowest BCUT2D eigenvalue weighted by molar-refractivity contribution is 0.187. The molecule has 1 saturated heterocycles. The number of hydrogen-bond acceptors (Lipinski definition) is 3. The molecule has 1 aliphatic heterocycles. The van der Waals surface area contributed by atoms with Crippen LogP contribution in [0.25, 0.3) is 5.57 Å². The van der Waals surface area contributed by atoms with Crippen molar-refractivity contribution >= 4 is 17.4 Å². The van der Waals surface area contributed by atoms with Gasteiger partial charge < -0.3 is 10.1 Å². The van der Waals surface area contributed by atoms with Gasteiger partial charge in [0.05, 0.1) is 7.11 Å². The number of ether oxygens (including phenoxy) is 1. The summed E-state index contributed by atoms with van der Waals surface area (Å²) in [5, 5.41) is 5.99. The summed E-state index contributed by atoms with van der Waals surface area (Å²) in [6, 6.07) is 14.2. The Hall–Kier alpha value is -2.66. The fraction of sp³-hybridized carbons (Fsp3) is 0.250. The Morgan fingerprint density at radius 3 is 2.44 bits per heavy atom. The third-order valence-electron chi connectivity index (χ3n) is 4.28. The van der Waals surface area contributed by atoms with E-state index in [0.29, 0.717) is 5.69 Å². The van der Waals surface area contributed by atoms with Crippen LogP contribution in [0, 0.1) is 5.82 Å². The zero-order valence-corrected chi connectivity index (χ0v) is 14.1. The number of carbonyl (C=O) groups excluding carboxylic acids is 1. The number of amides is 1. The highest BCUT2D eigenvalue weighted by molar-refractivity contribution is 5.86. The van der Waals surface area contributed by atoms with E-state index < -0.39 is 6.09 Å². The van der Waals surface area contributed by atoms with E-state index in [4.69, 9.17) is 0 Å². The van der Waals surface area contributed by atoms with Crippen molar-refractivity contribution in [3.8, 4) is 0 Å². The summed E-state index contributed by atoms with van der Waals surface area (Å²) in [5.74, 6) is -0.242. The lowest BCUT2D eigenvalue weighted by Gasteiger charge is -2.21. The monoisotopic (exact) mass is 340 g/mol. The van der Waals surface area contributed by atoms with Gasteiger partial charge in [-0.2, -0.15) is 0 Å². The minimum absolute atomic E-state index is 0.242. The first-order valence-corrected chi connectivity index (χ1v) is 8.31. The molecule has 2 aromatic carbocycles. The Labute approximate surface area is 146 Å². The molecule has 1 fully saturated rings. The van der Waals surface area contributed by atoms with Crippen LogP contribution < -0.4 is 10.6 Å². The lowest BCUT2D eigenvalue weighted by Crippen LogP contribution is -2.23. The summed E-state index contributed by atoms with van der Waals surface area (Å²) in [6.07, 6.45) is 1.37. The van der Waals surface area contributed by atoms with Gasteiger partial charge in [0.15, 0.2) is 0 Å². The number of benzene rings is 2. The molecule has 4 nitrogen and oxygen atoms in total. The molecule has 0 radical (unpaired) electrons. The van der Waals surface area contributed by atoms with Gasteiger partial charge in [0, 0.05) is 5.69 Å². The van der Waals surface area contributed by atoms with Gasteiger partial charge in [-0.15, -0.1) is 0 Å². The summed E-state index contributed by atoms with van der Waals surface area (Å²) in [7, 11) is 1.33. The lowest BCUT2D eigenvalue weighted by atomic mass is 9.88. The molecule has 130 valence electrons. The largest absolute Gasteiger partial charge is 0.453 e. The van der Waals surface area contributed by atoms with Gasteiger partial charge in [-0.3, -0.25) is 5.32 Å². The maximum atomic E-state index is 13.8. The number of carbonyl (C=O) groups is 1. The van der Waals surface area contributed by atoms with Crippen molar-refractivity contribution in [2.45, 2.75) is 12.8 Å². The minimum atomic E-state index is -0.505. The number of halogens is 1. The smallest absolute Gasteiger partial charge is 0.411 e. The third kappa shape index (κ3) is 4.25. The first kappa shape index (κ1) is 17.2. The Balaban J connectivity index is 1.99. The van der Waals surface area contributed by atoms with Crippen LogP contribution in [0.3, 0.4) is 0 Å². The van der Waals surface area contributed by atoms with E-state index in [9.17, 15) is 9.18 Å². The van der Waals surface area contributed by atoms with Gasteiger partial charge >= 0.3 is 6.09 Å². The number of piperidine rings is 1. The number of nitrogens with one attached hydrogen (secondary N) is 2. The van der Waals surface area contributed by atoms with E-state index in [1.54, 1.807) is 12.1 Å². The molecule has 0 saturated carbocycles. The molecule has 0 spiro atoms. The van der Waals surface area contributed by atoms with E-state index in [-0.39, 0.29) is 5.82 Å². The Bertz CT molecular complexity index is 777. The topological polar surface area (TPSA) is 50.4 Å². The first-order valence-electron chi connectivity index (χ1n) is 8.31. The predicted molar refractivity (Wildman–Crippen MR) is 97.0 cm³/mol. The molecule has 0 atom stereocenters. The zero-order valence-electron chi connectivity index (χ0n) is 14.1. The van der Waals surface area contributed by atoms with Gasteiger partial charge in [-0.25, -0.2) is 9.18 Å². The third-order valence-corrected chi connectivity index (χ3v) is 4.28. The predicted octanol–water partition coefficient (Wildman–Crippen LogP) is 4.19. The van der Waals surface area contributed by atoms with Crippen LogP contribution in [-0.2, 0) is 4.74 Å². The van der Waals surface area contributed by atoms with Crippen molar-refractivity contribution in [3.05, 3.63) is 71.0 Å². The van der Waals surface area contributed by atoms with Crippen LogP contribution >= 0.6 is 0 Å². The molecular weight excluding hydrogens is 319 g/mol. The molecule has 0 unspecified atom stereocenters. The van der Waals surface area contributed by atoms with Crippen molar-refractivity contribution in [2.24, 2.45) is 0 Å². The van der Waals surface area contributed by atoms with Crippen LogP contribution in [0.1, 0.15) is 24.0 Å². The van der Waals surface area contributed by atoms with Gasteiger partial charge in [0.2, 0.25) is 0 Å². The second-order valence-corrected chi connectivity index (χ2v) is 5.93. The summed E-state index contributed by atoms with van der Waals surface area (Å²) >= 11 is 0. The highest BCUT2D eigenvalue weighted by Gasteiger charge is 2.15. The molecule has 1 heterocycles. The normalized spacial score (nSPS) is 14.1. The molecule has 25 heavy (non-hydrogen) atoms. The average molecular weight is 340 g/mol. The number of rotatable bonds is 3. The van der Waals surface area contributed by atoms with E-state index in [1.165, 1.54) is 18.7 Å². The van der Waals surface area contributed by atoms with Gasteiger partial charge in [0.1, 0.15) is 5.82 Å². The summed E-state index contributed by atoms with van der Waals surface area (Å²) in [5.41, 5.74) is 4.94. The van der Waals surface area contributed by atoms with E-state index in [0.717, 1.165) is 42.6 Å². The summed E-state index contributed by atoms with van der Waals surface area (Å²) in [4.78, 5) is 11.3. The molecule has 2 aromatic rings. The standard InChI is InChI=1S/C20H21FN2O2/c1-25-20(24)23-18-7-5-14(6-8-18)19(15-9-11-22-12-10-15)16-3-2-4-17(21)13-16/h2-8,13,22H,9-12H2,1H3,(H,23,24). The number of anilines is 1. The Morgan fingerprint density at radius 2 is 1.80 bits per heavy atom. The highest BCUT2D eigenvalue weighted by atomic mass is 19.1. The molecule has 2 N–H and O–H groups in total. The van der Waals surface area contributed by atoms with Crippen molar-refractivity contribution in [1.29, 1.82) is 0 Å². The van der Waals surface area contributed by atoms with Crippen molar-refractivity contribution < 1.29 is 13.9 Å². The SMILES string of the molecule is COC(=O)Nc1ccc(C(=C2CCNCC2)c2cccc(F)c2)cc1. The van der Waals surface area contributed by atoms with Crippen molar-refractivity contribution in [3.63, 3.8) is 0 Å². The molecule has 5 heteroatoms. The van der Waals surface area contributed by atoms with Crippen LogP contribution in [0.5, 0.6) is 0 Å². The molecular formula is C20H21FN2O2. The average Bonchev–Trinajstić information content (AvgIpc) is 2.64. The summed E-state index contributed by atoms with van der Waals surface area (Å²) in [6.45, 7) is 1.85. The first-order chi connectivity index (χ1) is 12.2. The molecule has 0 aliphatic carbocycles. The maximum absolute atomic E-state index is 13.8. The van der Waals surface area contributed by atoms with Crippen LogP contribution in [0.2, 0.25) is 0 Å². The fourth-order valence-electron chi connectivity index (χ4n) is 3.09. The second kappa shape index (κ2) is 7.94. The zero-order chi connectivity index (χ0) is 17.6. The number of hydrogen-bond donors (Lipinski definition) is 2. The van der Waals surface area contributed by atoms with Gasteiger partial charge in [-0.05, 0) is 66.9 Å². The van der Waals surface area contributed by atoms with Crippen LogP contribution in [0.4, 0.5) is 14.9 Å². The Kier molecular flexibility index (Phi) is 5.46. The molecule has 0 aromatic heterocycles. The molecule has 1 amide bonds.